The summed E-state index contributed by atoms with van der Waals surface area (Å²) in [5.41, 5.74) is 0. The first-order chi connectivity index (χ1) is 15.2. The van der Waals surface area contributed by atoms with Crippen molar-refractivity contribution in [2.45, 2.75) is 49.7 Å². The summed E-state index contributed by atoms with van der Waals surface area (Å²) in [5, 5.41) is 35.0. The predicted molar refractivity (Wildman–Crippen MR) is 114 cm³/mol. The van der Waals surface area contributed by atoms with Crippen molar-refractivity contribution < 1.29 is 34.4 Å². The molecular formula is C20H30N4O7S. The van der Waals surface area contributed by atoms with Gasteiger partial charge in [0.05, 0.1) is 35.6 Å². The van der Waals surface area contributed by atoms with E-state index in [4.69, 9.17) is 4.74 Å². The molecule has 4 rings (SSSR count). The Kier molecular flexibility index (Phi) is 6.68. The molecule has 11 nitrogen and oxygen atoms in total. The molecule has 0 saturated carbocycles. The number of carbonyl (C=O) groups is 3. The van der Waals surface area contributed by atoms with Crippen LogP contribution >= 0.6 is 11.8 Å². The van der Waals surface area contributed by atoms with Crippen LogP contribution in [0.2, 0.25) is 0 Å². The second kappa shape index (κ2) is 9.18. The number of amides is 2. The minimum absolute atomic E-state index is 0.00308. The Morgan fingerprint density at radius 2 is 2.09 bits per heavy atom. The minimum Gasteiger partial charge on any atom is -0.449 e. The Hall–Kier alpha value is -1.86. The summed E-state index contributed by atoms with van der Waals surface area (Å²) in [7, 11) is 0. The van der Waals surface area contributed by atoms with Crippen LogP contribution in [-0.4, -0.2) is 105 Å². The standard InChI is InChI=1S/C20H30N4O7S/c1-9-15-14(10(2)26)18(28)24(15)19(31-20(29)30)16(9)32-12-5-13(22-6-12)17(27)23-4-3-21-11(7-23)8-25/h9-15,21-22,25-26H,3-8H2,1-2H3,(H,29,30)/t9?,10?,11?,12?,13?,14?,15-/m0/s1. The highest BCUT2D eigenvalue weighted by Crippen LogP contribution is 2.52. The molecule has 0 bridgehead atoms. The third-order valence-electron chi connectivity index (χ3n) is 6.72. The number of hydrogen-bond donors (Lipinski definition) is 5. The van der Waals surface area contributed by atoms with E-state index in [9.17, 15) is 29.7 Å². The van der Waals surface area contributed by atoms with E-state index < -0.39 is 18.2 Å². The van der Waals surface area contributed by atoms with Gasteiger partial charge in [-0.3, -0.25) is 14.5 Å². The number of β-lactam (4-membered cyclic amide) rings is 1. The van der Waals surface area contributed by atoms with Crippen LogP contribution in [0.4, 0.5) is 4.79 Å². The van der Waals surface area contributed by atoms with Gasteiger partial charge in [-0.05, 0) is 13.3 Å². The minimum atomic E-state index is -1.49. The van der Waals surface area contributed by atoms with Gasteiger partial charge in [0.15, 0.2) is 0 Å². The smallest absolute Gasteiger partial charge is 0.449 e. The number of aliphatic hydroxyl groups is 2. The van der Waals surface area contributed by atoms with Gasteiger partial charge in [0.2, 0.25) is 17.7 Å². The molecule has 4 aliphatic rings. The maximum absolute atomic E-state index is 12.9. The van der Waals surface area contributed by atoms with Gasteiger partial charge >= 0.3 is 6.16 Å². The highest BCUT2D eigenvalue weighted by atomic mass is 32.2. The maximum Gasteiger partial charge on any atom is 0.512 e. The first-order valence-electron chi connectivity index (χ1n) is 10.9. The highest BCUT2D eigenvalue weighted by molar-refractivity contribution is 8.03. The molecule has 12 heteroatoms. The van der Waals surface area contributed by atoms with E-state index >= 15 is 0 Å². The van der Waals surface area contributed by atoms with Gasteiger partial charge in [0, 0.05) is 43.4 Å². The molecule has 0 aromatic heterocycles. The molecular weight excluding hydrogens is 440 g/mol. The molecule has 5 N–H and O–H groups in total. The first kappa shape index (κ1) is 23.3. The number of nitrogens with one attached hydrogen (secondary N) is 2. The SMILES string of the molecule is CC(O)C1C(=O)N2C(OC(=O)O)=C(SC3CNC(C(=O)N4CCNC(CO)C4)C3)C(C)[C@@H]12. The van der Waals surface area contributed by atoms with Crippen molar-refractivity contribution >= 4 is 29.7 Å². The van der Waals surface area contributed by atoms with Crippen molar-refractivity contribution in [1.82, 2.24) is 20.4 Å². The molecule has 3 fully saturated rings. The molecule has 178 valence electrons. The molecule has 2 amide bonds. The van der Waals surface area contributed by atoms with Gasteiger partial charge in [-0.1, -0.05) is 6.92 Å². The number of ether oxygens (including phenoxy) is 1. The van der Waals surface area contributed by atoms with Crippen molar-refractivity contribution in [1.29, 1.82) is 0 Å². The molecule has 32 heavy (non-hydrogen) atoms. The zero-order valence-electron chi connectivity index (χ0n) is 18.1. The third kappa shape index (κ3) is 4.10. The van der Waals surface area contributed by atoms with E-state index in [1.807, 2.05) is 6.92 Å². The normalized spacial score (nSPS) is 35.6. The number of piperazine rings is 1. The lowest BCUT2D eigenvalue weighted by Gasteiger charge is -2.45. The summed E-state index contributed by atoms with van der Waals surface area (Å²) < 4.78 is 5.00. The Labute approximate surface area is 190 Å². The highest BCUT2D eigenvalue weighted by Gasteiger charge is 2.60. The Morgan fingerprint density at radius 1 is 1.34 bits per heavy atom. The molecule has 0 radical (unpaired) electrons. The van der Waals surface area contributed by atoms with Gasteiger partial charge in [-0.15, -0.1) is 11.8 Å². The van der Waals surface area contributed by atoms with Crippen LogP contribution < -0.4 is 10.6 Å². The molecule has 3 saturated heterocycles. The fourth-order valence-corrected chi connectivity index (χ4v) is 6.55. The fraction of sp³-hybridized carbons (Fsp3) is 0.750. The van der Waals surface area contributed by atoms with Crippen LogP contribution in [0, 0.1) is 11.8 Å². The number of thioether (sulfide) groups is 1. The van der Waals surface area contributed by atoms with Gasteiger partial charge < -0.3 is 35.6 Å². The quantitative estimate of drug-likeness (QED) is 0.241. The first-order valence-corrected chi connectivity index (χ1v) is 11.8. The van der Waals surface area contributed by atoms with E-state index in [2.05, 4.69) is 10.6 Å². The van der Waals surface area contributed by atoms with Crippen molar-refractivity contribution in [2.75, 3.05) is 32.8 Å². The largest absolute Gasteiger partial charge is 0.512 e. The van der Waals surface area contributed by atoms with Crippen LogP contribution in [0.5, 0.6) is 0 Å². The summed E-state index contributed by atoms with van der Waals surface area (Å²) in [6, 6.07) is -0.805. The Bertz CT molecular complexity index is 822. The molecule has 6 unspecified atom stereocenters. The summed E-state index contributed by atoms with van der Waals surface area (Å²) in [4.78, 5) is 40.5. The number of aliphatic hydroxyl groups excluding tert-OH is 2. The molecule has 4 heterocycles. The molecule has 0 aromatic carbocycles. The van der Waals surface area contributed by atoms with E-state index in [0.29, 0.717) is 37.5 Å². The third-order valence-corrected chi connectivity index (χ3v) is 8.21. The number of carbonyl (C=O) groups excluding carboxylic acids is 2. The Morgan fingerprint density at radius 3 is 2.75 bits per heavy atom. The number of nitrogens with zero attached hydrogens (tertiary/aromatic N) is 2. The lowest BCUT2D eigenvalue weighted by molar-refractivity contribution is -0.163. The number of carboxylic acid groups (broad SMARTS) is 1. The maximum atomic E-state index is 12.9. The van der Waals surface area contributed by atoms with E-state index in [1.165, 1.54) is 16.7 Å². The summed E-state index contributed by atoms with van der Waals surface area (Å²) >= 11 is 1.44. The molecule has 4 aliphatic heterocycles. The number of hydrogen-bond acceptors (Lipinski definition) is 9. The van der Waals surface area contributed by atoms with Crippen molar-refractivity contribution in [2.24, 2.45) is 11.8 Å². The van der Waals surface area contributed by atoms with Crippen molar-refractivity contribution in [3.63, 3.8) is 0 Å². The van der Waals surface area contributed by atoms with Gasteiger partial charge in [-0.25, -0.2) is 4.79 Å². The molecule has 0 aromatic rings. The average Bonchev–Trinajstić information content (AvgIpc) is 3.29. The average molecular weight is 471 g/mol. The molecule has 0 aliphatic carbocycles. The van der Waals surface area contributed by atoms with Crippen LogP contribution in [0.3, 0.4) is 0 Å². The number of fused-ring (bicyclic) bond motifs is 1. The van der Waals surface area contributed by atoms with Crippen LogP contribution in [0.25, 0.3) is 0 Å². The van der Waals surface area contributed by atoms with Crippen molar-refractivity contribution in [3.05, 3.63) is 10.8 Å². The molecule has 7 atom stereocenters. The predicted octanol–water partition coefficient (Wildman–Crippen LogP) is -1.04. The van der Waals surface area contributed by atoms with E-state index in [0.717, 1.165) is 0 Å². The monoisotopic (exact) mass is 470 g/mol. The second-order valence-electron chi connectivity index (χ2n) is 8.85. The Balaban J connectivity index is 1.44. The summed E-state index contributed by atoms with van der Waals surface area (Å²) in [6.45, 7) is 5.68. The fourth-order valence-electron chi connectivity index (χ4n) is 5.13. The van der Waals surface area contributed by atoms with Crippen molar-refractivity contribution in [3.8, 4) is 0 Å². The zero-order valence-corrected chi connectivity index (χ0v) is 18.9. The van der Waals surface area contributed by atoms with E-state index in [1.54, 1.807) is 11.8 Å². The molecule has 0 spiro atoms. The lowest BCUT2D eigenvalue weighted by atomic mass is 9.79. The van der Waals surface area contributed by atoms with Gasteiger partial charge in [0.1, 0.15) is 0 Å². The summed E-state index contributed by atoms with van der Waals surface area (Å²) in [6.07, 6.45) is -1.76. The van der Waals surface area contributed by atoms with Crippen LogP contribution in [0.1, 0.15) is 20.3 Å². The zero-order chi connectivity index (χ0) is 23.2. The van der Waals surface area contributed by atoms with Gasteiger partial charge in [0.25, 0.3) is 0 Å². The van der Waals surface area contributed by atoms with E-state index in [-0.39, 0.29) is 53.6 Å². The second-order valence-corrected chi connectivity index (χ2v) is 10.2. The van der Waals surface area contributed by atoms with Crippen LogP contribution in [0.15, 0.2) is 10.8 Å². The topological polar surface area (TPSA) is 152 Å². The number of rotatable bonds is 6. The summed E-state index contributed by atoms with van der Waals surface area (Å²) in [5.74, 6) is -1.07. The van der Waals surface area contributed by atoms with Gasteiger partial charge in [-0.2, -0.15) is 0 Å². The van der Waals surface area contributed by atoms with Crippen LogP contribution in [-0.2, 0) is 14.3 Å². The lowest BCUT2D eigenvalue weighted by Crippen LogP contribution is -2.63.